The Labute approximate surface area is 89.3 Å². The van der Waals surface area contributed by atoms with Crippen LogP contribution in [0.1, 0.15) is 13.8 Å². The molecule has 13 heavy (non-hydrogen) atoms. The van der Waals surface area contributed by atoms with Gasteiger partial charge in [0.15, 0.2) is 5.17 Å². The summed E-state index contributed by atoms with van der Waals surface area (Å²) >= 11 is 3.71. The van der Waals surface area contributed by atoms with Crippen LogP contribution in [0.4, 0.5) is 0 Å². The van der Waals surface area contributed by atoms with E-state index < -0.39 is 0 Å². The first-order chi connectivity index (χ1) is 6.14. The van der Waals surface area contributed by atoms with Gasteiger partial charge < -0.3 is 5.32 Å². The van der Waals surface area contributed by atoms with Gasteiger partial charge in [-0.1, -0.05) is 25.6 Å². The molecule has 0 aliphatic carbocycles. The summed E-state index contributed by atoms with van der Waals surface area (Å²) in [5.74, 6) is 2.33. The molecule has 1 rings (SSSR count). The van der Waals surface area contributed by atoms with E-state index in [0.717, 1.165) is 24.0 Å². The minimum absolute atomic E-state index is 0.384. The standard InChI is InChI=1S/C9H18N2S2/c1-9(2)6-11-8(13-7-9)10-4-5-12-3/h4-7H2,1-3H3,(H,10,11). The molecule has 0 aromatic heterocycles. The van der Waals surface area contributed by atoms with E-state index in [0.29, 0.717) is 5.41 Å². The Morgan fingerprint density at radius 2 is 2.38 bits per heavy atom. The van der Waals surface area contributed by atoms with E-state index in [2.05, 4.69) is 30.4 Å². The molecule has 0 atom stereocenters. The van der Waals surface area contributed by atoms with Crippen LogP contribution in [0.25, 0.3) is 0 Å². The normalized spacial score (nSPS) is 21.0. The van der Waals surface area contributed by atoms with Crippen molar-refractivity contribution < 1.29 is 0 Å². The van der Waals surface area contributed by atoms with Gasteiger partial charge in [0, 0.05) is 24.6 Å². The second-order valence-corrected chi connectivity index (χ2v) is 5.94. The first-order valence-corrected chi connectivity index (χ1v) is 6.92. The van der Waals surface area contributed by atoms with Gasteiger partial charge in [-0.15, -0.1) is 0 Å². The average Bonchev–Trinajstić information content (AvgIpc) is 2.08. The molecule has 0 unspecified atom stereocenters. The van der Waals surface area contributed by atoms with Crippen molar-refractivity contribution in [3.05, 3.63) is 0 Å². The topological polar surface area (TPSA) is 24.4 Å². The highest BCUT2D eigenvalue weighted by Crippen LogP contribution is 2.26. The molecular weight excluding hydrogens is 200 g/mol. The highest BCUT2D eigenvalue weighted by molar-refractivity contribution is 8.13. The fraction of sp³-hybridized carbons (Fsp3) is 0.889. The number of rotatable bonds is 3. The molecule has 76 valence electrons. The molecule has 0 radical (unpaired) electrons. The van der Waals surface area contributed by atoms with Crippen LogP contribution < -0.4 is 5.32 Å². The molecule has 0 bridgehead atoms. The van der Waals surface area contributed by atoms with Crippen LogP contribution >= 0.6 is 23.5 Å². The number of hydrogen-bond acceptors (Lipinski definition) is 4. The molecule has 0 saturated heterocycles. The third-order valence-corrected chi connectivity index (χ3v) is 3.92. The summed E-state index contributed by atoms with van der Waals surface area (Å²) in [5, 5.41) is 4.49. The zero-order chi connectivity index (χ0) is 9.73. The van der Waals surface area contributed by atoms with Crippen molar-refractivity contribution >= 4 is 28.7 Å². The summed E-state index contributed by atoms with van der Waals surface area (Å²) < 4.78 is 0. The van der Waals surface area contributed by atoms with Crippen molar-refractivity contribution in [2.45, 2.75) is 13.8 Å². The molecule has 0 spiro atoms. The van der Waals surface area contributed by atoms with Crippen molar-refractivity contribution in [1.29, 1.82) is 0 Å². The third-order valence-electron chi connectivity index (χ3n) is 1.83. The van der Waals surface area contributed by atoms with Crippen molar-refractivity contribution in [3.8, 4) is 0 Å². The van der Waals surface area contributed by atoms with Gasteiger partial charge >= 0.3 is 0 Å². The zero-order valence-electron chi connectivity index (χ0n) is 8.59. The Hall–Kier alpha value is 0.170. The number of nitrogens with zero attached hydrogens (tertiary/aromatic N) is 1. The molecule has 4 heteroatoms. The first-order valence-electron chi connectivity index (χ1n) is 4.54. The van der Waals surface area contributed by atoms with Gasteiger partial charge in [-0.3, -0.25) is 4.99 Å². The van der Waals surface area contributed by atoms with Gasteiger partial charge in [-0.25, -0.2) is 0 Å². The smallest absolute Gasteiger partial charge is 0.156 e. The highest BCUT2D eigenvalue weighted by Gasteiger charge is 2.22. The lowest BCUT2D eigenvalue weighted by atomic mass is 9.97. The maximum Gasteiger partial charge on any atom is 0.156 e. The van der Waals surface area contributed by atoms with E-state index >= 15 is 0 Å². The second-order valence-electron chi connectivity index (χ2n) is 3.99. The van der Waals surface area contributed by atoms with Crippen LogP contribution in [0.15, 0.2) is 4.99 Å². The van der Waals surface area contributed by atoms with Crippen LogP contribution in [0.5, 0.6) is 0 Å². The molecule has 0 fully saturated rings. The van der Waals surface area contributed by atoms with Crippen LogP contribution in [0.2, 0.25) is 0 Å². The molecule has 1 aliphatic rings. The zero-order valence-corrected chi connectivity index (χ0v) is 10.2. The summed E-state index contributed by atoms with van der Waals surface area (Å²) in [5.41, 5.74) is 0.384. The third kappa shape index (κ3) is 4.27. The molecular formula is C9H18N2S2. The number of thioether (sulfide) groups is 2. The van der Waals surface area contributed by atoms with Crippen molar-refractivity contribution in [2.75, 3.05) is 30.9 Å². The van der Waals surface area contributed by atoms with Crippen LogP contribution in [0.3, 0.4) is 0 Å². The quantitative estimate of drug-likeness (QED) is 0.734. The minimum Gasteiger partial charge on any atom is -0.364 e. The van der Waals surface area contributed by atoms with Gasteiger partial charge in [0.25, 0.3) is 0 Å². The Bertz CT molecular complexity index is 190. The molecule has 0 aromatic carbocycles. The molecule has 1 N–H and O–H groups in total. The van der Waals surface area contributed by atoms with E-state index in [4.69, 9.17) is 0 Å². The Morgan fingerprint density at radius 1 is 1.62 bits per heavy atom. The summed E-state index contributed by atoms with van der Waals surface area (Å²) in [4.78, 5) is 4.51. The lowest BCUT2D eigenvalue weighted by molar-refractivity contribution is 0.437. The first kappa shape index (κ1) is 11.2. The van der Waals surface area contributed by atoms with Gasteiger partial charge in [0.2, 0.25) is 0 Å². The fourth-order valence-electron chi connectivity index (χ4n) is 1.01. The highest BCUT2D eigenvalue weighted by atomic mass is 32.2. The van der Waals surface area contributed by atoms with E-state index in [1.807, 2.05) is 23.5 Å². The maximum atomic E-state index is 4.51. The Morgan fingerprint density at radius 3 is 2.92 bits per heavy atom. The van der Waals surface area contributed by atoms with Gasteiger partial charge in [0.05, 0.1) is 0 Å². The molecule has 2 nitrogen and oxygen atoms in total. The predicted octanol–water partition coefficient (Wildman–Crippen LogP) is 2.07. The Balaban J connectivity index is 2.25. The molecule has 0 amide bonds. The molecule has 1 aliphatic heterocycles. The van der Waals surface area contributed by atoms with Crippen LogP contribution in [-0.4, -0.2) is 36.0 Å². The van der Waals surface area contributed by atoms with E-state index in [1.54, 1.807) is 0 Å². The number of aliphatic imine (C=N–C) groups is 1. The summed E-state index contributed by atoms with van der Waals surface area (Å²) in [6, 6.07) is 0. The fourth-order valence-corrected chi connectivity index (χ4v) is 2.29. The van der Waals surface area contributed by atoms with Crippen LogP contribution in [0, 0.1) is 5.41 Å². The Kier molecular flexibility index (Phi) is 4.46. The number of hydrogen-bond donors (Lipinski definition) is 1. The number of amidine groups is 1. The van der Waals surface area contributed by atoms with Gasteiger partial charge in [0.1, 0.15) is 0 Å². The van der Waals surface area contributed by atoms with Crippen molar-refractivity contribution in [2.24, 2.45) is 10.4 Å². The summed E-state index contributed by atoms with van der Waals surface area (Å²) in [6.07, 6.45) is 2.13. The number of nitrogens with one attached hydrogen (secondary N) is 1. The molecule has 1 heterocycles. The van der Waals surface area contributed by atoms with E-state index in [1.165, 1.54) is 5.75 Å². The lowest BCUT2D eigenvalue weighted by Gasteiger charge is -2.27. The largest absolute Gasteiger partial charge is 0.364 e. The van der Waals surface area contributed by atoms with Crippen molar-refractivity contribution in [3.63, 3.8) is 0 Å². The second kappa shape index (κ2) is 5.15. The predicted molar refractivity (Wildman–Crippen MR) is 64.9 cm³/mol. The summed E-state index contributed by atoms with van der Waals surface area (Å²) in [7, 11) is 0. The molecule has 0 saturated carbocycles. The maximum absolute atomic E-state index is 4.51. The monoisotopic (exact) mass is 218 g/mol. The minimum atomic E-state index is 0.384. The van der Waals surface area contributed by atoms with E-state index in [9.17, 15) is 0 Å². The molecule has 0 aromatic rings. The summed E-state index contributed by atoms with van der Waals surface area (Å²) in [6.45, 7) is 6.53. The average molecular weight is 218 g/mol. The van der Waals surface area contributed by atoms with Crippen LogP contribution in [-0.2, 0) is 0 Å². The lowest BCUT2D eigenvalue weighted by Crippen LogP contribution is -2.32. The SMILES string of the molecule is CSCCNC1=NCC(C)(C)CS1. The van der Waals surface area contributed by atoms with Gasteiger partial charge in [-0.2, -0.15) is 11.8 Å². The van der Waals surface area contributed by atoms with Crippen molar-refractivity contribution in [1.82, 2.24) is 5.32 Å². The van der Waals surface area contributed by atoms with Gasteiger partial charge in [-0.05, 0) is 11.7 Å². The van der Waals surface area contributed by atoms with E-state index in [-0.39, 0.29) is 0 Å².